The number of nitrogens with zero attached hydrogens (tertiary/aromatic N) is 1. The first-order valence-electron chi connectivity index (χ1n) is 8.59. The molecule has 1 aromatic carbocycles. The number of carboxylic acids is 1. The van der Waals surface area contributed by atoms with Crippen LogP contribution in [-0.4, -0.2) is 28.6 Å². The largest absolute Gasteiger partial charge is 0.476 e. The minimum Gasteiger partial charge on any atom is -0.476 e. The summed E-state index contributed by atoms with van der Waals surface area (Å²) in [7, 11) is 0. The number of nitrogens with one attached hydrogen (secondary N) is 1. The average Bonchev–Trinajstić information content (AvgIpc) is 3.21. The van der Waals surface area contributed by atoms with Crippen LogP contribution in [0.5, 0.6) is 0 Å². The fourth-order valence-electron chi connectivity index (χ4n) is 3.71. The van der Waals surface area contributed by atoms with Gasteiger partial charge in [-0.1, -0.05) is 36.8 Å². The highest BCUT2D eigenvalue weighted by Crippen LogP contribution is 2.47. The van der Waals surface area contributed by atoms with Crippen molar-refractivity contribution >= 4 is 17.3 Å². The van der Waals surface area contributed by atoms with E-state index in [2.05, 4.69) is 40.6 Å². The van der Waals surface area contributed by atoms with Gasteiger partial charge in [-0.15, -0.1) is 11.3 Å². The number of aryl methyl sites for hydroxylation is 1. The number of carboxylic acid groups (broad SMARTS) is 1. The van der Waals surface area contributed by atoms with Crippen LogP contribution in [0.2, 0.25) is 0 Å². The maximum atomic E-state index is 11.3. The van der Waals surface area contributed by atoms with Crippen LogP contribution in [0, 0.1) is 6.92 Å². The highest BCUT2D eigenvalue weighted by molar-refractivity contribution is 7.12. The van der Waals surface area contributed by atoms with Crippen molar-refractivity contribution in [2.75, 3.05) is 6.54 Å². The number of aromatic nitrogens is 1. The molecular formula is C19H22N2O2S. The molecule has 1 unspecified atom stereocenters. The summed E-state index contributed by atoms with van der Waals surface area (Å²) < 4.78 is 0. The van der Waals surface area contributed by atoms with Crippen LogP contribution in [0.25, 0.3) is 0 Å². The van der Waals surface area contributed by atoms with Gasteiger partial charge < -0.3 is 10.4 Å². The van der Waals surface area contributed by atoms with Crippen LogP contribution in [0.4, 0.5) is 0 Å². The van der Waals surface area contributed by atoms with Gasteiger partial charge in [0.05, 0.1) is 0 Å². The second-order valence-electron chi connectivity index (χ2n) is 7.10. The van der Waals surface area contributed by atoms with Gasteiger partial charge in [-0.2, -0.15) is 0 Å². The molecule has 0 bridgehead atoms. The average molecular weight is 342 g/mol. The zero-order valence-corrected chi connectivity index (χ0v) is 14.6. The second kappa shape index (κ2) is 5.97. The number of benzene rings is 1. The first kappa shape index (κ1) is 15.8. The molecule has 0 aliphatic heterocycles. The van der Waals surface area contributed by atoms with Crippen LogP contribution in [0.3, 0.4) is 0 Å². The molecule has 1 aromatic heterocycles. The maximum Gasteiger partial charge on any atom is 0.355 e. The van der Waals surface area contributed by atoms with Crippen LogP contribution in [0.15, 0.2) is 30.3 Å². The molecular weight excluding hydrogens is 320 g/mol. The molecule has 2 aromatic rings. The lowest BCUT2D eigenvalue weighted by Crippen LogP contribution is -2.44. The summed E-state index contributed by atoms with van der Waals surface area (Å²) in [5.74, 6) is -0.292. The van der Waals surface area contributed by atoms with E-state index in [0.717, 1.165) is 29.3 Å². The lowest BCUT2D eigenvalue weighted by Gasteiger charge is -2.40. The fraction of sp³-hybridized carbons (Fsp3) is 0.474. The third-order valence-corrected chi connectivity index (χ3v) is 6.70. The Labute approximate surface area is 145 Å². The standard InChI is InChI=1S/C19H22N2O2S/c1-12-16(17(22)23)21-18(24-12)19(8-5-9-19)11-20-15-10-14(15)13-6-3-2-4-7-13/h2-4,6-7,14-15,20H,5,8-11H2,1H3,(H,22,23)/t14?,15-/m0/s1. The second-order valence-corrected chi connectivity index (χ2v) is 8.31. The smallest absolute Gasteiger partial charge is 0.355 e. The Morgan fingerprint density at radius 1 is 1.38 bits per heavy atom. The summed E-state index contributed by atoms with van der Waals surface area (Å²) in [6.07, 6.45) is 4.61. The monoisotopic (exact) mass is 342 g/mol. The van der Waals surface area contributed by atoms with Crippen LogP contribution in [0.1, 0.15) is 57.5 Å². The van der Waals surface area contributed by atoms with Crippen molar-refractivity contribution in [1.82, 2.24) is 10.3 Å². The van der Waals surface area contributed by atoms with E-state index < -0.39 is 5.97 Å². The molecule has 2 N–H and O–H groups in total. The van der Waals surface area contributed by atoms with E-state index in [1.807, 2.05) is 6.92 Å². The zero-order valence-electron chi connectivity index (χ0n) is 13.8. The van der Waals surface area contributed by atoms with Crippen molar-refractivity contribution in [3.05, 3.63) is 51.5 Å². The Balaban J connectivity index is 1.43. The SMILES string of the molecule is Cc1sc(C2(CN[C@H]3CC3c3ccccc3)CCC2)nc1C(=O)O. The molecule has 2 aliphatic carbocycles. The first-order chi connectivity index (χ1) is 11.6. The van der Waals surface area contributed by atoms with Crippen molar-refractivity contribution in [2.24, 2.45) is 0 Å². The predicted octanol–water partition coefficient (Wildman–Crippen LogP) is 3.72. The Bertz CT molecular complexity index is 752. The minimum absolute atomic E-state index is 0.0486. The Hall–Kier alpha value is -1.72. The molecule has 4 rings (SSSR count). The molecule has 5 heteroatoms. The summed E-state index contributed by atoms with van der Waals surface area (Å²) >= 11 is 1.56. The molecule has 2 saturated carbocycles. The van der Waals surface area contributed by atoms with Crippen molar-refractivity contribution in [3.63, 3.8) is 0 Å². The summed E-state index contributed by atoms with van der Waals surface area (Å²) in [4.78, 5) is 16.5. The third-order valence-electron chi connectivity index (χ3n) is 5.48. The number of thiazole rings is 1. The highest BCUT2D eigenvalue weighted by Gasteiger charge is 2.45. The Morgan fingerprint density at radius 3 is 2.71 bits per heavy atom. The van der Waals surface area contributed by atoms with Crippen molar-refractivity contribution in [2.45, 2.75) is 50.0 Å². The molecule has 24 heavy (non-hydrogen) atoms. The van der Waals surface area contributed by atoms with Gasteiger partial charge in [-0.05, 0) is 31.7 Å². The van der Waals surface area contributed by atoms with E-state index in [-0.39, 0.29) is 11.1 Å². The summed E-state index contributed by atoms with van der Waals surface area (Å²) in [5.41, 5.74) is 1.69. The molecule has 2 aliphatic rings. The van der Waals surface area contributed by atoms with Gasteiger partial charge in [-0.25, -0.2) is 9.78 Å². The number of carbonyl (C=O) groups is 1. The number of rotatable bonds is 6. The molecule has 4 nitrogen and oxygen atoms in total. The predicted molar refractivity (Wildman–Crippen MR) is 94.9 cm³/mol. The van der Waals surface area contributed by atoms with E-state index in [9.17, 15) is 9.90 Å². The normalized spacial score (nSPS) is 24.4. The van der Waals surface area contributed by atoms with Gasteiger partial charge in [0, 0.05) is 28.8 Å². The minimum atomic E-state index is -0.913. The molecule has 2 fully saturated rings. The summed E-state index contributed by atoms with van der Waals surface area (Å²) in [6, 6.07) is 11.2. The molecule has 2 atom stereocenters. The molecule has 0 radical (unpaired) electrons. The third kappa shape index (κ3) is 2.76. The van der Waals surface area contributed by atoms with Gasteiger partial charge in [-0.3, -0.25) is 0 Å². The number of hydrogen-bond donors (Lipinski definition) is 2. The van der Waals surface area contributed by atoms with E-state index in [1.165, 1.54) is 18.4 Å². The summed E-state index contributed by atoms with van der Waals surface area (Å²) in [5, 5.41) is 14.0. The molecule has 0 amide bonds. The molecule has 0 spiro atoms. The number of aromatic carboxylic acids is 1. The summed E-state index contributed by atoms with van der Waals surface area (Å²) in [6.45, 7) is 2.77. The van der Waals surface area contributed by atoms with Crippen LogP contribution < -0.4 is 5.32 Å². The topological polar surface area (TPSA) is 62.2 Å². The Morgan fingerprint density at radius 2 is 2.12 bits per heavy atom. The van der Waals surface area contributed by atoms with Crippen LogP contribution in [-0.2, 0) is 5.41 Å². The van der Waals surface area contributed by atoms with E-state index in [4.69, 9.17) is 0 Å². The van der Waals surface area contributed by atoms with Gasteiger partial charge >= 0.3 is 5.97 Å². The Kier molecular flexibility index (Phi) is 3.93. The van der Waals surface area contributed by atoms with Gasteiger partial charge in [0.25, 0.3) is 0 Å². The van der Waals surface area contributed by atoms with Crippen molar-refractivity contribution in [3.8, 4) is 0 Å². The van der Waals surface area contributed by atoms with Crippen molar-refractivity contribution < 1.29 is 9.90 Å². The van der Waals surface area contributed by atoms with Gasteiger partial charge in [0.1, 0.15) is 5.01 Å². The first-order valence-corrected chi connectivity index (χ1v) is 9.40. The van der Waals surface area contributed by atoms with Crippen molar-refractivity contribution in [1.29, 1.82) is 0 Å². The molecule has 126 valence electrons. The maximum absolute atomic E-state index is 11.3. The van der Waals surface area contributed by atoms with E-state index in [1.54, 1.807) is 11.3 Å². The van der Waals surface area contributed by atoms with Gasteiger partial charge in [0.15, 0.2) is 5.69 Å². The van der Waals surface area contributed by atoms with Crippen LogP contribution >= 0.6 is 11.3 Å². The highest BCUT2D eigenvalue weighted by atomic mass is 32.1. The lowest BCUT2D eigenvalue weighted by molar-refractivity contribution is 0.0690. The zero-order chi connectivity index (χ0) is 16.7. The quantitative estimate of drug-likeness (QED) is 0.840. The molecule has 0 saturated heterocycles. The molecule has 1 heterocycles. The fourth-order valence-corrected chi connectivity index (χ4v) is 4.86. The van der Waals surface area contributed by atoms with E-state index in [0.29, 0.717) is 12.0 Å². The van der Waals surface area contributed by atoms with Gasteiger partial charge in [0.2, 0.25) is 0 Å². The van der Waals surface area contributed by atoms with E-state index >= 15 is 0 Å². The lowest BCUT2D eigenvalue weighted by atomic mass is 9.69. The number of hydrogen-bond acceptors (Lipinski definition) is 4.